The van der Waals surface area contributed by atoms with Crippen molar-refractivity contribution in [3.8, 4) is 0 Å². The van der Waals surface area contributed by atoms with Gasteiger partial charge in [-0.15, -0.1) is 0 Å². The molecule has 5 heteroatoms. The second-order valence-corrected chi connectivity index (χ2v) is 5.57. The van der Waals surface area contributed by atoms with E-state index in [1.165, 1.54) is 0 Å². The molecule has 1 heterocycles. The van der Waals surface area contributed by atoms with Crippen LogP contribution in [0, 0.1) is 13.8 Å². The van der Waals surface area contributed by atoms with Gasteiger partial charge < -0.3 is 10.6 Å². The van der Waals surface area contributed by atoms with E-state index in [0.717, 1.165) is 32.3 Å². The Labute approximate surface area is 120 Å². The summed E-state index contributed by atoms with van der Waals surface area (Å²) >= 11 is 3.47. The number of carbonyl (C=O) groups is 1. The van der Waals surface area contributed by atoms with E-state index in [1.807, 2.05) is 44.0 Å². The molecule has 0 fully saturated rings. The van der Waals surface area contributed by atoms with Crippen LogP contribution in [-0.2, 0) is 4.79 Å². The number of aromatic nitrogens is 1. The highest BCUT2D eigenvalue weighted by Gasteiger charge is 2.14. The van der Waals surface area contributed by atoms with Gasteiger partial charge in [-0.2, -0.15) is 0 Å². The van der Waals surface area contributed by atoms with Gasteiger partial charge in [-0.05, 0) is 37.6 Å². The van der Waals surface area contributed by atoms with Crippen LogP contribution in [0.3, 0.4) is 0 Å². The molecule has 0 aliphatic heterocycles. The average Bonchev–Trinajstić information content (AvgIpc) is 2.30. The third-order valence-corrected chi connectivity index (χ3v) is 3.67. The minimum atomic E-state index is -0.348. The molecule has 2 aromatic rings. The van der Waals surface area contributed by atoms with Crippen LogP contribution in [-0.4, -0.2) is 24.5 Å². The normalized spacial score (nSPS) is 10.7. The second-order valence-electron chi connectivity index (χ2n) is 4.65. The van der Waals surface area contributed by atoms with E-state index in [9.17, 15) is 4.79 Å². The van der Waals surface area contributed by atoms with Crippen LogP contribution in [0.4, 0.5) is 5.69 Å². The molecule has 0 saturated carbocycles. The van der Waals surface area contributed by atoms with Gasteiger partial charge in [0.25, 0.3) is 0 Å². The van der Waals surface area contributed by atoms with Crippen molar-refractivity contribution in [1.82, 2.24) is 4.98 Å². The number of halogens is 1. The van der Waals surface area contributed by atoms with Crippen LogP contribution in [0.1, 0.15) is 11.3 Å². The molecule has 19 heavy (non-hydrogen) atoms. The van der Waals surface area contributed by atoms with Gasteiger partial charge in [0.15, 0.2) is 0 Å². The number of rotatable bonds is 3. The monoisotopic (exact) mass is 321 g/mol. The first kappa shape index (κ1) is 13.8. The molecule has 0 aliphatic rings. The molecule has 1 aromatic carbocycles. The van der Waals surface area contributed by atoms with E-state index in [2.05, 4.69) is 20.9 Å². The molecule has 2 rings (SSSR count). The molecule has 0 saturated heterocycles. The number of pyridine rings is 1. The number of nitrogens with two attached hydrogens (primary N) is 1. The van der Waals surface area contributed by atoms with Gasteiger partial charge in [-0.3, -0.25) is 9.78 Å². The zero-order chi connectivity index (χ0) is 14.2. The Morgan fingerprint density at radius 3 is 2.74 bits per heavy atom. The summed E-state index contributed by atoms with van der Waals surface area (Å²) in [6.07, 6.45) is 0. The van der Waals surface area contributed by atoms with Crippen molar-refractivity contribution in [2.45, 2.75) is 13.8 Å². The van der Waals surface area contributed by atoms with E-state index in [-0.39, 0.29) is 12.5 Å². The zero-order valence-electron chi connectivity index (χ0n) is 11.2. The summed E-state index contributed by atoms with van der Waals surface area (Å²) in [5.74, 6) is -0.348. The number of hydrogen-bond donors (Lipinski definition) is 1. The highest BCUT2D eigenvalue weighted by atomic mass is 79.9. The lowest BCUT2D eigenvalue weighted by Gasteiger charge is -2.23. The van der Waals surface area contributed by atoms with E-state index in [4.69, 9.17) is 5.73 Å². The van der Waals surface area contributed by atoms with Gasteiger partial charge in [-0.1, -0.05) is 15.9 Å². The third-order valence-electron chi connectivity index (χ3n) is 3.17. The predicted octanol–water partition coefficient (Wildman–Crippen LogP) is 2.54. The first-order valence-corrected chi connectivity index (χ1v) is 6.75. The minimum Gasteiger partial charge on any atom is -0.368 e. The SMILES string of the molecule is Cc1nc2ccc(Br)cc2c(N(C)CC(N)=O)c1C. The molecule has 2 N–H and O–H groups in total. The Hall–Kier alpha value is -1.62. The van der Waals surface area contributed by atoms with E-state index < -0.39 is 0 Å². The fraction of sp³-hybridized carbons (Fsp3) is 0.286. The van der Waals surface area contributed by atoms with Gasteiger partial charge >= 0.3 is 0 Å². The molecule has 100 valence electrons. The maximum Gasteiger partial charge on any atom is 0.236 e. The number of amides is 1. The summed E-state index contributed by atoms with van der Waals surface area (Å²) in [6.45, 7) is 4.17. The lowest BCUT2D eigenvalue weighted by Crippen LogP contribution is -2.31. The minimum absolute atomic E-state index is 0.186. The van der Waals surface area contributed by atoms with Crippen molar-refractivity contribution < 1.29 is 4.79 Å². The van der Waals surface area contributed by atoms with Crippen molar-refractivity contribution in [2.24, 2.45) is 5.73 Å². The summed E-state index contributed by atoms with van der Waals surface area (Å²) in [7, 11) is 1.87. The lowest BCUT2D eigenvalue weighted by atomic mass is 10.1. The molecule has 0 bridgehead atoms. The quantitative estimate of drug-likeness (QED) is 0.945. The number of anilines is 1. The Morgan fingerprint density at radius 2 is 2.11 bits per heavy atom. The van der Waals surface area contributed by atoms with Crippen molar-refractivity contribution in [1.29, 1.82) is 0 Å². The molecule has 1 aromatic heterocycles. The van der Waals surface area contributed by atoms with Crippen LogP contribution in [0.2, 0.25) is 0 Å². The molecule has 0 spiro atoms. The van der Waals surface area contributed by atoms with Crippen LogP contribution in [0.25, 0.3) is 10.9 Å². The number of nitrogens with zero attached hydrogens (tertiary/aromatic N) is 2. The summed E-state index contributed by atoms with van der Waals surface area (Å²) in [6, 6.07) is 5.94. The molecule has 1 amide bonds. The standard InChI is InChI=1S/C14H16BrN3O/c1-8-9(2)17-12-5-4-10(15)6-11(12)14(8)18(3)7-13(16)19/h4-6H,7H2,1-3H3,(H2,16,19). The number of hydrogen-bond acceptors (Lipinski definition) is 3. The molecular weight excluding hydrogens is 306 g/mol. The highest BCUT2D eigenvalue weighted by molar-refractivity contribution is 9.10. The number of benzene rings is 1. The summed E-state index contributed by atoms with van der Waals surface area (Å²) in [5.41, 5.74) is 9.23. The Kier molecular flexibility index (Phi) is 3.75. The molecule has 0 radical (unpaired) electrons. The van der Waals surface area contributed by atoms with Gasteiger partial charge in [-0.25, -0.2) is 0 Å². The van der Waals surface area contributed by atoms with Crippen LogP contribution >= 0.6 is 15.9 Å². The first-order valence-electron chi connectivity index (χ1n) is 5.96. The van der Waals surface area contributed by atoms with E-state index in [1.54, 1.807) is 0 Å². The Balaban J connectivity index is 2.71. The number of likely N-dealkylation sites (N-methyl/N-ethyl adjacent to an activating group) is 1. The number of aryl methyl sites for hydroxylation is 1. The van der Waals surface area contributed by atoms with Crippen molar-refractivity contribution >= 4 is 38.4 Å². The molecule has 0 atom stereocenters. The lowest BCUT2D eigenvalue weighted by molar-refractivity contribution is -0.116. The topological polar surface area (TPSA) is 59.2 Å². The van der Waals surface area contributed by atoms with Crippen LogP contribution in [0.15, 0.2) is 22.7 Å². The molecule has 0 aliphatic carbocycles. The average molecular weight is 322 g/mol. The number of primary amides is 1. The summed E-state index contributed by atoms with van der Waals surface area (Å²) in [4.78, 5) is 17.6. The van der Waals surface area contributed by atoms with Gasteiger partial charge in [0.05, 0.1) is 17.7 Å². The van der Waals surface area contributed by atoms with E-state index >= 15 is 0 Å². The molecular formula is C14H16BrN3O. The third kappa shape index (κ3) is 2.71. The Bertz CT molecular complexity index is 655. The zero-order valence-corrected chi connectivity index (χ0v) is 12.8. The fourth-order valence-electron chi connectivity index (χ4n) is 2.24. The molecule has 4 nitrogen and oxygen atoms in total. The highest BCUT2D eigenvalue weighted by Crippen LogP contribution is 2.32. The first-order chi connectivity index (χ1) is 8.90. The molecule has 0 unspecified atom stereocenters. The van der Waals surface area contributed by atoms with Crippen molar-refractivity contribution in [3.63, 3.8) is 0 Å². The fourth-order valence-corrected chi connectivity index (χ4v) is 2.60. The number of carbonyl (C=O) groups excluding carboxylic acids is 1. The maximum absolute atomic E-state index is 11.1. The Morgan fingerprint density at radius 1 is 1.42 bits per heavy atom. The summed E-state index contributed by atoms with van der Waals surface area (Å²) in [5, 5.41) is 1.02. The maximum atomic E-state index is 11.1. The van der Waals surface area contributed by atoms with E-state index in [0.29, 0.717) is 0 Å². The van der Waals surface area contributed by atoms with Crippen LogP contribution in [0.5, 0.6) is 0 Å². The van der Waals surface area contributed by atoms with Gasteiger partial charge in [0.2, 0.25) is 5.91 Å². The second kappa shape index (κ2) is 5.17. The summed E-state index contributed by atoms with van der Waals surface area (Å²) < 4.78 is 0.985. The van der Waals surface area contributed by atoms with Gasteiger partial charge in [0.1, 0.15) is 0 Å². The predicted molar refractivity (Wildman–Crippen MR) is 81.4 cm³/mol. The van der Waals surface area contributed by atoms with Gasteiger partial charge in [0, 0.05) is 22.6 Å². The van der Waals surface area contributed by atoms with Crippen LogP contribution < -0.4 is 10.6 Å². The largest absolute Gasteiger partial charge is 0.368 e. The smallest absolute Gasteiger partial charge is 0.236 e. The number of fused-ring (bicyclic) bond motifs is 1. The van der Waals surface area contributed by atoms with Crippen molar-refractivity contribution in [3.05, 3.63) is 33.9 Å². The van der Waals surface area contributed by atoms with Crippen molar-refractivity contribution in [2.75, 3.05) is 18.5 Å².